The van der Waals surface area contributed by atoms with Crippen LogP contribution >= 0.6 is 23.1 Å². The quantitative estimate of drug-likeness (QED) is 0.521. The Morgan fingerprint density at radius 2 is 2.05 bits per heavy atom. The summed E-state index contributed by atoms with van der Waals surface area (Å²) < 4.78 is 0. The average molecular weight is 304 g/mol. The van der Waals surface area contributed by atoms with E-state index in [0.29, 0.717) is 5.75 Å². The van der Waals surface area contributed by atoms with E-state index in [4.69, 9.17) is 0 Å². The molecule has 2 aromatic rings. The number of hydrazone groups is 1. The summed E-state index contributed by atoms with van der Waals surface area (Å²) in [4.78, 5) is 13.8. The minimum atomic E-state index is -0.0963. The molecule has 0 unspecified atom stereocenters. The van der Waals surface area contributed by atoms with E-state index >= 15 is 0 Å². The molecule has 0 saturated carbocycles. The first kappa shape index (κ1) is 14.8. The fourth-order valence-electron chi connectivity index (χ4n) is 1.50. The lowest BCUT2D eigenvalue weighted by Crippen LogP contribution is -2.19. The van der Waals surface area contributed by atoms with Crippen LogP contribution in [0.1, 0.15) is 16.0 Å². The minimum Gasteiger partial charge on any atom is -0.272 e. The van der Waals surface area contributed by atoms with Crippen molar-refractivity contribution in [3.63, 3.8) is 0 Å². The Morgan fingerprint density at radius 3 is 2.70 bits per heavy atom. The lowest BCUT2D eigenvalue weighted by atomic mass is 10.2. The van der Waals surface area contributed by atoms with E-state index in [9.17, 15) is 4.79 Å². The summed E-state index contributed by atoms with van der Waals surface area (Å²) in [7, 11) is 0. The maximum Gasteiger partial charge on any atom is 0.250 e. The number of nitrogens with zero attached hydrogens (tertiary/aromatic N) is 1. The summed E-state index contributed by atoms with van der Waals surface area (Å²) in [5, 5.41) is 5.98. The van der Waals surface area contributed by atoms with Crippen molar-refractivity contribution in [2.75, 3.05) is 5.75 Å². The molecule has 0 spiro atoms. The number of carbonyl (C=O) groups excluding carboxylic acids is 1. The Morgan fingerprint density at radius 1 is 1.30 bits per heavy atom. The highest BCUT2D eigenvalue weighted by Crippen LogP contribution is 2.17. The predicted molar refractivity (Wildman–Crippen MR) is 86.7 cm³/mol. The molecule has 0 saturated heterocycles. The van der Waals surface area contributed by atoms with Gasteiger partial charge in [-0.2, -0.15) is 5.10 Å². The Bertz CT molecular complexity index is 603. The van der Waals surface area contributed by atoms with E-state index in [2.05, 4.69) is 10.5 Å². The van der Waals surface area contributed by atoms with E-state index in [1.54, 1.807) is 17.6 Å². The molecule has 0 aliphatic heterocycles. The van der Waals surface area contributed by atoms with Gasteiger partial charge in [0, 0.05) is 9.77 Å². The number of hydrogen-bond donors (Lipinski definition) is 1. The topological polar surface area (TPSA) is 41.5 Å². The maximum absolute atomic E-state index is 11.7. The molecule has 0 fully saturated rings. The van der Waals surface area contributed by atoms with Crippen LogP contribution in [0.4, 0.5) is 0 Å². The highest BCUT2D eigenvalue weighted by Gasteiger charge is 2.01. The molecular weight excluding hydrogens is 288 g/mol. The molecule has 1 amide bonds. The van der Waals surface area contributed by atoms with Crippen molar-refractivity contribution in [3.05, 3.63) is 51.7 Å². The fraction of sp³-hybridized carbons (Fsp3) is 0.200. The number of thioether (sulfide) groups is 1. The number of carbonyl (C=O) groups is 1. The third kappa shape index (κ3) is 4.51. The van der Waals surface area contributed by atoms with Gasteiger partial charge in [0.15, 0.2) is 0 Å². The Kier molecular flexibility index (Phi) is 5.38. The van der Waals surface area contributed by atoms with Crippen LogP contribution in [0.5, 0.6) is 0 Å². The van der Waals surface area contributed by atoms with Crippen LogP contribution in [0.2, 0.25) is 0 Å². The zero-order chi connectivity index (χ0) is 14.4. The summed E-state index contributed by atoms with van der Waals surface area (Å²) in [6, 6.07) is 10.1. The molecule has 104 valence electrons. The molecule has 1 N–H and O–H groups in total. The van der Waals surface area contributed by atoms with Gasteiger partial charge in [0.2, 0.25) is 5.91 Å². The van der Waals surface area contributed by atoms with E-state index in [1.165, 1.54) is 22.9 Å². The van der Waals surface area contributed by atoms with E-state index in [0.717, 1.165) is 9.77 Å². The minimum absolute atomic E-state index is 0.0963. The number of rotatable bonds is 5. The Hall–Kier alpha value is -1.59. The average Bonchev–Trinajstić information content (AvgIpc) is 2.84. The predicted octanol–water partition coefficient (Wildman–Crippen LogP) is 3.61. The summed E-state index contributed by atoms with van der Waals surface area (Å²) in [6.45, 7) is 4.06. The highest BCUT2D eigenvalue weighted by atomic mass is 32.2. The van der Waals surface area contributed by atoms with Gasteiger partial charge >= 0.3 is 0 Å². The molecule has 1 aromatic heterocycles. The molecule has 0 bridgehead atoms. The smallest absolute Gasteiger partial charge is 0.250 e. The second-order valence-electron chi connectivity index (χ2n) is 4.36. The number of benzene rings is 1. The molecular formula is C15H16N2OS2. The van der Waals surface area contributed by atoms with Gasteiger partial charge in [-0.3, -0.25) is 4.79 Å². The number of hydrogen-bond acceptors (Lipinski definition) is 4. The lowest BCUT2D eigenvalue weighted by Gasteiger charge is -2.01. The molecule has 1 aromatic carbocycles. The monoisotopic (exact) mass is 304 g/mol. The second-order valence-corrected chi connectivity index (χ2v) is 6.36. The van der Waals surface area contributed by atoms with Crippen molar-refractivity contribution in [1.82, 2.24) is 5.43 Å². The number of amides is 1. The van der Waals surface area contributed by atoms with E-state index < -0.39 is 0 Å². The van der Waals surface area contributed by atoms with Gasteiger partial charge in [-0.05, 0) is 43.0 Å². The maximum atomic E-state index is 11.7. The normalized spacial score (nSPS) is 10.9. The number of aryl methyl sites for hydroxylation is 2. The molecule has 1 heterocycles. The first-order valence-corrected chi connectivity index (χ1v) is 8.07. The largest absolute Gasteiger partial charge is 0.272 e. The second kappa shape index (κ2) is 7.26. The van der Waals surface area contributed by atoms with Gasteiger partial charge in [-0.25, -0.2) is 5.43 Å². The first-order valence-electron chi connectivity index (χ1n) is 6.20. The van der Waals surface area contributed by atoms with Gasteiger partial charge in [0.25, 0.3) is 0 Å². The van der Waals surface area contributed by atoms with Crippen molar-refractivity contribution < 1.29 is 4.79 Å². The first-order chi connectivity index (χ1) is 9.65. The van der Waals surface area contributed by atoms with Crippen LogP contribution in [-0.2, 0) is 4.79 Å². The van der Waals surface area contributed by atoms with Crippen molar-refractivity contribution in [2.24, 2.45) is 5.10 Å². The van der Waals surface area contributed by atoms with Gasteiger partial charge in [0.05, 0.1) is 12.0 Å². The van der Waals surface area contributed by atoms with E-state index in [-0.39, 0.29) is 5.91 Å². The van der Waals surface area contributed by atoms with Gasteiger partial charge in [0.1, 0.15) is 0 Å². The molecule has 5 heteroatoms. The van der Waals surface area contributed by atoms with E-state index in [1.807, 2.05) is 49.6 Å². The van der Waals surface area contributed by atoms with Crippen molar-refractivity contribution >= 4 is 35.2 Å². The van der Waals surface area contributed by atoms with Gasteiger partial charge < -0.3 is 0 Å². The number of nitrogens with one attached hydrogen (secondary N) is 1. The van der Waals surface area contributed by atoms with Crippen molar-refractivity contribution in [3.8, 4) is 0 Å². The third-order valence-electron chi connectivity index (χ3n) is 2.66. The molecule has 2 rings (SSSR count). The summed E-state index contributed by atoms with van der Waals surface area (Å²) in [5.41, 5.74) is 4.93. The summed E-state index contributed by atoms with van der Waals surface area (Å²) in [6.07, 6.45) is 1.69. The van der Waals surface area contributed by atoms with Crippen LogP contribution < -0.4 is 5.43 Å². The van der Waals surface area contributed by atoms with Crippen molar-refractivity contribution in [2.45, 2.75) is 18.7 Å². The zero-order valence-corrected chi connectivity index (χ0v) is 13.1. The zero-order valence-electron chi connectivity index (χ0n) is 11.4. The fourth-order valence-corrected chi connectivity index (χ4v) is 2.97. The van der Waals surface area contributed by atoms with Gasteiger partial charge in [-0.15, -0.1) is 23.1 Å². The lowest BCUT2D eigenvalue weighted by molar-refractivity contribution is -0.118. The molecule has 0 radical (unpaired) electrons. The van der Waals surface area contributed by atoms with Crippen LogP contribution in [0.15, 0.2) is 45.7 Å². The molecule has 0 aliphatic rings. The Labute approximate surface area is 127 Å². The summed E-state index contributed by atoms with van der Waals surface area (Å²) >= 11 is 3.11. The summed E-state index contributed by atoms with van der Waals surface area (Å²) in [5.74, 6) is 0.269. The van der Waals surface area contributed by atoms with Crippen molar-refractivity contribution in [1.29, 1.82) is 0 Å². The van der Waals surface area contributed by atoms with Gasteiger partial charge in [-0.1, -0.05) is 17.7 Å². The molecule has 0 atom stereocenters. The van der Waals surface area contributed by atoms with Crippen LogP contribution in [0.3, 0.4) is 0 Å². The standard InChI is InChI=1S/C15H16N2OS2/c1-11-3-5-13(6-4-11)20-10-15(18)17-16-9-14-12(2)7-8-19-14/h3-9H,10H2,1-2H3,(H,17,18)/b16-9+. The van der Waals surface area contributed by atoms with Crippen LogP contribution in [-0.4, -0.2) is 17.9 Å². The molecule has 0 aliphatic carbocycles. The molecule has 3 nitrogen and oxygen atoms in total. The Balaban J connectivity index is 1.77. The molecule has 20 heavy (non-hydrogen) atoms. The third-order valence-corrected chi connectivity index (χ3v) is 4.63. The highest BCUT2D eigenvalue weighted by molar-refractivity contribution is 8.00. The SMILES string of the molecule is Cc1ccc(SCC(=O)N/N=C/c2sccc2C)cc1. The van der Waals surface area contributed by atoms with Crippen LogP contribution in [0.25, 0.3) is 0 Å². The van der Waals surface area contributed by atoms with Crippen LogP contribution in [0, 0.1) is 13.8 Å². The number of thiophene rings is 1.